The van der Waals surface area contributed by atoms with Crippen LogP contribution in [-0.2, 0) is 4.79 Å². The first-order valence-electron chi connectivity index (χ1n) is 42.5. The van der Waals surface area contributed by atoms with Gasteiger partial charge < -0.3 is 43.5 Å². The lowest BCUT2D eigenvalue weighted by atomic mass is 10.0. The fourth-order valence-corrected chi connectivity index (χ4v) is 15.2. The fraction of sp³-hybridized carbons (Fsp3) is 0.500. The zero-order valence-electron chi connectivity index (χ0n) is 67.3. The van der Waals surface area contributed by atoms with E-state index in [1.54, 1.807) is 6.07 Å². The quantitative estimate of drug-likeness (QED) is 0.0143. The summed E-state index contributed by atoms with van der Waals surface area (Å²) >= 11 is 1.31. The van der Waals surface area contributed by atoms with Gasteiger partial charge in [-0.1, -0.05) is 264 Å². The van der Waals surface area contributed by atoms with Crippen LogP contribution in [0.1, 0.15) is 311 Å². The Kier molecular flexibility index (Phi) is 37.6. The summed E-state index contributed by atoms with van der Waals surface area (Å²) in [7, 11) is 0. The molecule has 2 aliphatic rings. The number of aliphatic carboxylic acids is 1. The van der Waals surface area contributed by atoms with Crippen molar-refractivity contribution in [2.45, 2.75) is 273 Å². The maximum atomic E-state index is 12.1. The highest BCUT2D eigenvalue weighted by atomic mass is 32.1. The number of benzene rings is 3. The number of nitrogens with one attached hydrogen (secondary N) is 2. The van der Waals surface area contributed by atoms with Crippen molar-refractivity contribution in [2.75, 3.05) is 39.6 Å². The normalized spacial score (nSPS) is 11.8. The molecule has 0 spiro atoms. The monoisotopic (exact) mass is 1510 g/mol. The first-order valence-corrected chi connectivity index (χ1v) is 43.3. The summed E-state index contributed by atoms with van der Waals surface area (Å²) in [5.41, 5.74) is 10.8. The van der Waals surface area contributed by atoms with Crippen LogP contribution in [0, 0.1) is 23.2 Å². The molecule has 0 radical (unpaired) electrons. The van der Waals surface area contributed by atoms with Crippen molar-refractivity contribution in [3.8, 4) is 85.8 Å². The number of hydrogen-bond acceptors (Lipinski definition) is 11. The van der Waals surface area contributed by atoms with E-state index in [1.807, 2.05) is 30.3 Å². The number of aromatic amines is 2. The van der Waals surface area contributed by atoms with E-state index in [9.17, 15) is 15.2 Å². The standard InChI is InChI=1S/C96H125N5O8S/c1-7-13-19-25-31-37-64-104-84-46-43-47-85(105-65-38-32-26-20-14-8-2)93(84)90-78-58-56-76(98-78)75(55-54-73-52-53-74(110-73)70-72(71-97)96(102)103)77-57-59-79(99-77)91(94-86(106-66-39-33-27-21-15-9-3)48-44-49-87(94)107-67-40-34-28-22-16-10-4)81-61-63-83(101-81)92(82-62-60-80(90)100-82)95-88(108-68-41-35-29-23-17-11-5)50-45-51-89(95)109-69-42-36-30-24-18-12-6/h43-53,56-63,70,98,101H,7-42,64-69H2,1-6H3,(H,102,103)/b72-70-,76-75?,77-75?,90-78?,90-80?,91-79?,91-81?,92-82?,92-83?. The summed E-state index contributed by atoms with van der Waals surface area (Å²) in [5, 5.41) is 19.6. The summed E-state index contributed by atoms with van der Waals surface area (Å²) in [5.74, 6) is 10.0. The minimum absolute atomic E-state index is 0.356. The SMILES string of the molecule is CCCCCCCCOc1cccc(OCCCCCCCC)c1-c1c2nc(c(-c3c(OCCCCCCCC)cccc3OCCCCCCCC)c3ccc([nH]3)c(-c3c(OCCCCCCCC)cccc3OCCCCCCCC)c3nc(c(C#Cc4ccc(/C=C(/C#N)C(=O)O)s4)c4ccc1[nH]4)C=C3)C=C2. The molecule has 0 fully saturated rings. The van der Waals surface area contributed by atoms with Gasteiger partial charge in [0.25, 0.3) is 0 Å². The minimum Gasteiger partial charge on any atom is -0.493 e. The maximum absolute atomic E-state index is 12.1. The average molecular weight is 1510 g/mol. The highest BCUT2D eigenvalue weighted by Crippen LogP contribution is 2.49. The van der Waals surface area contributed by atoms with E-state index < -0.39 is 5.97 Å². The third kappa shape index (κ3) is 26.1. The van der Waals surface area contributed by atoms with Crippen LogP contribution in [0.2, 0.25) is 0 Å². The number of rotatable bonds is 53. The molecule has 6 heterocycles. The number of carbonyl (C=O) groups is 1. The van der Waals surface area contributed by atoms with Crippen LogP contribution in [0.4, 0.5) is 0 Å². The molecular formula is C96H125N5O8S. The summed E-state index contributed by atoms with van der Waals surface area (Å²) in [6.07, 6.45) is 50.3. The number of nitrogens with zero attached hydrogens (tertiary/aromatic N) is 3. The van der Waals surface area contributed by atoms with Crippen LogP contribution in [0.3, 0.4) is 0 Å². The van der Waals surface area contributed by atoms with Crippen molar-refractivity contribution in [3.63, 3.8) is 0 Å². The van der Waals surface area contributed by atoms with Crippen LogP contribution in [0.5, 0.6) is 34.5 Å². The van der Waals surface area contributed by atoms with Gasteiger partial charge in [0.05, 0.1) is 95.1 Å². The van der Waals surface area contributed by atoms with Gasteiger partial charge in [-0.2, -0.15) is 5.26 Å². The van der Waals surface area contributed by atoms with Crippen LogP contribution in [0.25, 0.3) is 85.8 Å². The number of fused-ring (bicyclic) bond motifs is 8. The van der Waals surface area contributed by atoms with E-state index in [1.165, 1.54) is 133 Å². The van der Waals surface area contributed by atoms with Crippen LogP contribution in [0.15, 0.2) is 96.6 Å². The van der Waals surface area contributed by atoms with E-state index in [2.05, 4.69) is 148 Å². The molecule has 8 bridgehead atoms. The molecule has 7 aromatic rings. The molecule has 13 nitrogen and oxygen atoms in total. The highest BCUT2D eigenvalue weighted by Gasteiger charge is 2.27. The maximum Gasteiger partial charge on any atom is 0.346 e. The number of ether oxygens (including phenoxy) is 6. The predicted octanol–water partition coefficient (Wildman–Crippen LogP) is 27.5. The fourth-order valence-electron chi connectivity index (χ4n) is 14.4. The third-order valence-corrected chi connectivity index (χ3v) is 21.5. The largest absolute Gasteiger partial charge is 0.493 e. The number of aromatic nitrogens is 4. The lowest BCUT2D eigenvalue weighted by Gasteiger charge is -2.18. The Bertz CT molecular complexity index is 4170. The van der Waals surface area contributed by atoms with Crippen LogP contribution in [-0.4, -0.2) is 70.7 Å². The van der Waals surface area contributed by atoms with E-state index >= 15 is 0 Å². The minimum atomic E-state index is -1.29. The molecule has 3 aromatic carbocycles. The molecule has 588 valence electrons. The van der Waals surface area contributed by atoms with Gasteiger partial charge in [-0.15, -0.1) is 11.3 Å². The molecule has 2 aliphatic heterocycles. The zero-order valence-corrected chi connectivity index (χ0v) is 68.1. The molecule has 0 amide bonds. The number of nitriles is 1. The Morgan fingerprint density at radius 2 is 0.645 bits per heavy atom. The molecule has 9 rings (SSSR count). The number of hydrogen-bond donors (Lipinski definition) is 3. The van der Waals surface area contributed by atoms with Crippen LogP contribution >= 0.6 is 11.3 Å². The van der Waals surface area contributed by atoms with Gasteiger partial charge in [-0.25, -0.2) is 14.8 Å². The van der Waals surface area contributed by atoms with Gasteiger partial charge in [-0.05, 0) is 142 Å². The van der Waals surface area contributed by atoms with Crippen molar-refractivity contribution in [1.82, 2.24) is 19.9 Å². The Balaban J connectivity index is 1.39. The second-order valence-electron chi connectivity index (χ2n) is 29.5. The lowest BCUT2D eigenvalue weighted by Crippen LogP contribution is -2.04. The molecular weight excluding hydrogens is 1380 g/mol. The molecule has 0 aliphatic carbocycles. The lowest BCUT2D eigenvalue weighted by molar-refractivity contribution is -0.132. The van der Waals surface area contributed by atoms with Gasteiger partial charge in [0.2, 0.25) is 0 Å². The van der Waals surface area contributed by atoms with Crippen molar-refractivity contribution < 1.29 is 38.3 Å². The second kappa shape index (κ2) is 48.6. The van der Waals surface area contributed by atoms with Crippen molar-refractivity contribution in [2.24, 2.45) is 0 Å². The molecule has 4 aromatic heterocycles. The summed E-state index contributed by atoms with van der Waals surface area (Å²) in [6, 6.07) is 32.6. The van der Waals surface area contributed by atoms with Crippen molar-refractivity contribution in [3.05, 3.63) is 135 Å². The molecule has 0 unspecified atom stereocenters. The van der Waals surface area contributed by atoms with Gasteiger partial charge >= 0.3 is 5.97 Å². The predicted molar refractivity (Wildman–Crippen MR) is 460 cm³/mol. The van der Waals surface area contributed by atoms with Crippen molar-refractivity contribution >= 4 is 69.8 Å². The first kappa shape index (κ1) is 85.0. The zero-order chi connectivity index (χ0) is 77.2. The first-order chi connectivity index (χ1) is 54.2. The summed E-state index contributed by atoms with van der Waals surface area (Å²) in [6.45, 7) is 16.7. The molecule has 3 N–H and O–H groups in total. The Hall–Kier alpha value is -8.98. The summed E-state index contributed by atoms with van der Waals surface area (Å²) < 4.78 is 42.5. The Morgan fingerprint density at radius 1 is 0.364 bits per heavy atom. The number of thiophene rings is 1. The third-order valence-electron chi connectivity index (χ3n) is 20.6. The molecule has 0 atom stereocenters. The van der Waals surface area contributed by atoms with E-state index in [0.29, 0.717) is 106 Å². The highest BCUT2D eigenvalue weighted by molar-refractivity contribution is 7.13. The smallest absolute Gasteiger partial charge is 0.346 e. The Morgan fingerprint density at radius 3 is 0.955 bits per heavy atom. The molecule has 14 heteroatoms. The van der Waals surface area contributed by atoms with E-state index in [4.69, 9.17) is 38.4 Å². The van der Waals surface area contributed by atoms with Crippen molar-refractivity contribution in [1.29, 1.82) is 5.26 Å². The van der Waals surface area contributed by atoms with Crippen LogP contribution < -0.4 is 28.4 Å². The van der Waals surface area contributed by atoms with Gasteiger partial charge in [-0.3, -0.25) is 0 Å². The number of unbranched alkanes of at least 4 members (excludes halogenated alkanes) is 30. The molecule has 0 saturated heterocycles. The van der Waals surface area contributed by atoms with Gasteiger partial charge in [0.1, 0.15) is 46.1 Å². The second-order valence-corrected chi connectivity index (χ2v) is 30.6. The molecule has 0 saturated carbocycles. The van der Waals surface area contributed by atoms with E-state index in [0.717, 1.165) is 177 Å². The molecule has 110 heavy (non-hydrogen) atoms. The number of H-pyrrole nitrogens is 2. The van der Waals surface area contributed by atoms with E-state index in [-0.39, 0.29) is 5.57 Å². The average Bonchev–Trinajstić information content (AvgIpc) is 1.58. The summed E-state index contributed by atoms with van der Waals surface area (Å²) in [4.78, 5) is 33.0. The topological polar surface area (TPSA) is 174 Å². The Labute approximate surface area is 662 Å². The van der Waals surface area contributed by atoms with Gasteiger partial charge in [0, 0.05) is 38.1 Å². The number of carboxylic acid groups (broad SMARTS) is 1. The number of carboxylic acids is 1. The van der Waals surface area contributed by atoms with Gasteiger partial charge in [0.15, 0.2) is 0 Å².